The van der Waals surface area contributed by atoms with Gasteiger partial charge in [0.05, 0.1) is 0 Å². The first-order valence-corrected chi connectivity index (χ1v) is 6.36. The minimum absolute atomic E-state index is 0.631. The van der Waals surface area contributed by atoms with Crippen LogP contribution < -0.4 is 4.90 Å². The van der Waals surface area contributed by atoms with Crippen LogP contribution in [0.1, 0.15) is 31.7 Å². The highest BCUT2D eigenvalue weighted by molar-refractivity contribution is 9.10. The van der Waals surface area contributed by atoms with E-state index in [1.54, 1.807) is 0 Å². The molecular weight excluding hydrogens is 252 g/mol. The molecule has 0 aromatic carbocycles. The molecular formula is C12H17BrN2. The largest absolute Gasteiger partial charge is 0.354 e. The third-order valence-electron chi connectivity index (χ3n) is 3.13. The van der Waals surface area contributed by atoms with Crippen molar-refractivity contribution in [1.82, 2.24) is 4.98 Å². The fourth-order valence-electron chi connectivity index (χ4n) is 2.12. The van der Waals surface area contributed by atoms with Crippen LogP contribution in [-0.2, 0) is 0 Å². The van der Waals surface area contributed by atoms with Gasteiger partial charge < -0.3 is 4.90 Å². The van der Waals surface area contributed by atoms with E-state index in [1.165, 1.54) is 24.8 Å². The van der Waals surface area contributed by atoms with Gasteiger partial charge in [0, 0.05) is 23.3 Å². The molecule has 1 saturated heterocycles. The summed E-state index contributed by atoms with van der Waals surface area (Å²) < 4.78 is 1.09. The highest BCUT2D eigenvalue weighted by atomic mass is 79.9. The van der Waals surface area contributed by atoms with Gasteiger partial charge in [0.1, 0.15) is 5.82 Å². The van der Waals surface area contributed by atoms with E-state index in [9.17, 15) is 0 Å². The molecule has 2 rings (SSSR count). The average molecular weight is 269 g/mol. The molecule has 82 valence electrons. The van der Waals surface area contributed by atoms with Gasteiger partial charge in [-0.3, -0.25) is 0 Å². The number of rotatable bonds is 1. The number of pyridine rings is 1. The molecule has 0 aliphatic carbocycles. The molecule has 2 nitrogen and oxygen atoms in total. The Hall–Kier alpha value is -0.570. The van der Waals surface area contributed by atoms with Crippen LogP contribution in [0.4, 0.5) is 5.82 Å². The van der Waals surface area contributed by atoms with Crippen molar-refractivity contribution in [2.45, 2.75) is 39.2 Å². The zero-order valence-electron chi connectivity index (χ0n) is 9.33. The molecule has 0 unspecified atom stereocenters. The van der Waals surface area contributed by atoms with E-state index in [2.05, 4.69) is 45.7 Å². The van der Waals surface area contributed by atoms with Crippen molar-refractivity contribution in [2.75, 3.05) is 11.4 Å². The summed E-state index contributed by atoms with van der Waals surface area (Å²) in [6.07, 6.45) is 5.84. The van der Waals surface area contributed by atoms with Crippen LogP contribution in [0.2, 0.25) is 0 Å². The number of aromatic nitrogens is 1. The van der Waals surface area contributed by atoms with Gasteiger partial charge in [-0.15, -0.1) is 0 Å². The average Bonchev–Trinajstić information content (AvgIpc) is 2.23. The van der Waals surface area contributed by atoms with E-state index < -0.39 is 0 Å². The lowest BCUT2D eigenvalue weighted by Gasteiger charge is -2.34. The summed E-state index contributed by atoms with van der Waals surface area (Å²) in [6.45, 7) is 5.55. The molecule has 0 radical (unpaired) electrons. The van der Waals surface area contributed by atoms with Crippen LogP contribution in [0.5, 0.6) is 0 Å². The number of anilines is 1. The summed E-state index contributed by atoms with van der Waals surface area (Å²) >= 11 is 3.49. The number of nitrogens with zero attached hydrogens (tertiary/aromatic N) is 2. The molecule has 3 heteroatoms. The molecule has 0 spiro atoms. The number of halogens is 1. The Morgan fingerprint density at radius 3 is 2.93 bits per heavy atom. The standard InChI is InChI=1S/C12H17BrN2/c1-9-7-12(14-8-11(9)13)15-6-4-3-5-10(15)2/h7-8,10H,3-6H2,1-2H3/t10-/m0/s1. The van der Waals surface area contributed by atoms with Crippen molar-refractivity contribution in [1.29, 1.82) is 0 Å². The van der Waals surface area contributed by atoms with Crippen molar-refractivity contribution < 1.29 is 0 Å². The normalized spacial score (nSPS) is 21.8. The maximum Gasteiger partial charge on any atom is 0.129 e. The van der Waals surface area contributed by atoms with Gasteiger partial charge in [0.2, 0.25) is 0 Å². The predicted molar refractivity (Wildman–Crippen MR) is 67.3 cm³/mol. The number of hydrogen-bond acceptors (Lipinski definition) is 2. The van der Waals surface area contributed by atoms with Crippen molar-refractivity contribution in [3.05, 3.63) is 22.3 Å². The van der Waals surface area contributed by atoms with Crippen LogP contribution in [0.3, 0.4) is 0 Å². The molecule has 0 N–H and O–H groups in total. The van der Waals surface area contributed by atoms with E-state index in [0.717, 1.165) is 16.8 Å². The summed E-state index contributed by atoms with van der Waals surface area (Å²) in [4.78, 5) is 6.91. The van der Waals surface area contributed by atoms with E-state index >= 15 is 0 Å². The molecule has 2 heterocycles. The van der Waals surface area contributed by atoms with Crippen molar-refractivity contribution in [3.63, 3.8) is 0 Å². The second kappa shape index (κ2) is 4.52. The Morgan fingerprint density at radius 1 is 1.47 bits per heavy atom. The summed E-state index contributed by atoms with van der Waals surface area (Å²) in [5, 5.41) is 0. The summed E-state index contributed by atoms with van der Waals surface area (Å²) in [5.74, 6) is 1.13. The monoisotopic (exact) mass is 268 g/mol. The molecule has 0 bridgehead atoms. The third kappa shape index (κ3) is 2.33. The summed E-state index contributed by atoms with van der Waals surface area (Å²) in [6, 6.07) is 2.80. The van der Waals surface area contributed by atoms with Gasteiger partial charge in [-0.1, -0.05) is 0 Å². The first kappa shape index (κ1) is 10.9. The Kier molecular flexibility index (Phi) is 3.29. The minimum Gasteiger partial charge on any atom is -0.354 e. The highest BCUT2D eigenvalue weighted by Gasteiger charge is 2.19. The van der Waals surface area contributed by atoms with Crippen LogP contribution in [0, 0.1) is 6.92 Å². The molecule has 15 heavy (non-hydrogen) atoms. The van der Waals surface area contributed by atoms with Gasteiger partial charge in [0.25, 0.3) is 0 Å². The predicted octanol–water partition coefficient (Wildman–Crippen LogP) is 3.53. The van der Waals surface area contributed by atoms with Crippen molar-refractivity contribution in [3.8, 4) is 0 Å². The topological polar surface area (TPSA) is 16.1 Å². The SMILES string of the molecule is Cc1cc(N2CCCC[C@@H]2C)ncc1Br. The van der Waals surface area contributed by atoms with E-state index in [4.69, 9.17) is 0 Å². The van der Waals surface area contributed by atoms with Crippen LogP contribution in [-0.4, -0.2) is 17.6 Å². The second-order valence-electron chi connectivity index (χ2n) is 4.33. The fraction of sp³-hybridized carbons (Fsp3) is 0.583. The maximum absolute atomic E-state index is 4.49. The number of aryl methyl sites for hydroxylation is 1. The highest BCUT2D eigenvalue weighted by Crippen LogP contribution is 2.25. The fourth-order valence-corrected chi connectivity index (χ4v) is 2.34. The van der Waals surface area contributed by atoms with Crippen LogP contribution in [0.25, 0.3) is 0 Å². The molecule has 1 aromatic rings. The molecule has 1 aliphatic heterocycles. The molecule has 0 saturated carbocycles. The van der Waals surface area contributed by atoms with Gasteiger partial charge in [-0.25, -0.2) is 4.98 Å². The third-order valence-corrected chi connectivity index (χ3v) is 3.96. The van der Waals surface area contributed by atoms with Gasteiger partial charge in [-0.2, -0.15) is 0 Å². The minimum atomic E-state index is 0.631. The molecule has 1 aliphatic rings. The van der Waals surface area contributed by atoms with E-state index in [0.29, 0.717) is 6.04 Å². The molecule has 1 atom stereocenters. The smallest absolute Gasteiger partial charge is 0.129 e. The van der Waals surface area contributed by atoms with Crippen molar-refractivity contribution in [2.24, 2.45) is 0 Å². The van der Waals surface area contributed by atoms with E-state index in [1.807, 2.05) is 6.20 Å². The Bertz CT molecular complexity index is 351. The maximum atomic E-state index is 4.49. The van der Waals surface area contributed by atoms with Crippen LogP contribution in [0.15, 0.2) is 16.7 Å². The van der Waals surface area contributed by atoms with Crippen LogP contribution >= 0.6 is 15.9 Å². The quantitative estimate of drug-likeness (QED) is 0.775. The number of hydrogen-bond donors (Lipinski definition) is 0. The van der Waals surface area contributed by atoms with Crippen molar-refractivity contribution >= 4 is 21.7 Å². The lowest BCUT2D eigenvalue weighted by Crippen LogP contribution is -2.37. The van der Waals surface area contributed by atoms with Gasteiger partial charge in [0.15, 0.2) is 0 Å². The summed E-state index contributed by atoms with van der Waals surface area (Å²) in [7, 11) is 0. The van der Waals surface area contributed by atoms with E-state index in [-0.39, 0.29) is 0 Å². The first-order valence-electron chi connectivity index (χ1n) is 5.57. The zero-order chi connectivity index (χ0) is 10.8. The Morgan fingerprint density at radius 2 is 2.27 bits per heavy atom. The zero-order valence-corrected chi connectivity index (χ0v) is 10.9. The Labute approximate surface area is 99.8 Å². The second-order valence-corrected chi connectivity index (χ2v) is 5.18. The number of piperidine rings is 1. The molecule has 1 fully saturated rings. The molecule has 0 amide bonds. The summed E-state index contributed by atoms with van der Waals surface area (Å²) in [5.41, 5.74) is 1.26. The van der Waals surface area contributed by atoms with Gasteiger partial charge >= 0.3 is 0 Å². The Balaban J connectivity index is 2.24. The first-order chi connectivity index (χ1) is 7.18. The lowest BCUT2D eigenvalue weighted by atomic mass is 10.0. The van der Waals surface area contributed by atoms with Gasteiger partial charge in [-0.05, 0) is 60.7 Å². The molecule has 1 aromatic heterocycles. The lowest BCUT2D eigenvalue weighted by molar-refractivity contribution is 0.481.